The smallest absolute Gasteiger partial charge is 0.338 e. The fourth-order valence-corrected chi connectivity index (χ4v) is 4.80. The highest BCUT2D eigenvalue weighted by molar-refractivity contribution is 5.91. The Balaban J connectivity index is 1.55. The molecular formula is C31H32O7. The van der Waals surface area contributed by atoms with Crippen LogP contribution in [0, 0.1) is 5.92 Å². The maximum atomic E-state index is 13.3. The van der Waals surface area contributed by atoms with E-state index in [-0.39, 0.29) is 18.6 Å². The Kier molecular flexibility index (Phi) is 8.29. The van der Waals surface area contributed by atoms with Gasteiger partial charge in [0.15, 0.2) is 5.60 Å². The molecule has 1 fully saturated rings. The zero-order valence-electron chi connectivity index (χ0n) is 21.2. The number of para-hydroxylation sites is 1. The number of aliphatic hydroxyl groups excluding tert-OH is 1. The molecule has 3 aromatic rings. The van der Waals surface area contributed by atoms with Crippen molar-refractivity contribution in [2.45, 2.75) is 43.5 Å². The topological polar surface area (TPSA) is 113 Å². The van der Waals surface area contributed by atoms with Gasteiger partial charge in [-0.3, -0.25) is 4.79 Å². The highest BCUT2D eigenvalue weighted by Gasteiger charge is 2.53. The monoisotopic (exact) mass is 516 g/mol. The summed E-state index contributed by atoms with van der Waals surface area (Å²) in [5, 5.41) is 31.5. The van der Waals surface area contributed by atoms with Crippen molar-refractivity contribution in [3.05, 3.63) is 103 Å². The van der Waals surface area contributed by atoms with Crippen molar-refractivity contribution < 1.29 is 34.4 Å². The highest BCUT2D eigenvalue weighted by atomic mass is 16.6. The molecule has 3 N–H and O–H groups in total. The summed E-state index contributed by atoms with van der Waals surface area (Å²) < 4.78 is 11.5. The van der Waals surface area contributed by atoms with E-state index >= 15 is 0 Å². The molecule has 198 valence electrons. The number of aliphatic hydroxyl groups is 2. The Morgan fingerprint density at radius 1 is 0.974 bits per heavy atom. The van der Waals surface area contributed by atoms with Gasteiger partial charge in [-0.05, 0) is 55.2 Å². The number of rotatable bonds is 10. The number of carbonyl (C=O) groups is 2. The molecule has 0 saturated heterocycles. The summed E-state index contributed by atoms with van der Waals surface area (Å²) >= 11 is 0. The number of carboxylic acids is 1. The first-order chi connectivity index (χ1) is 18.2. The highest BCUT2D eigenvalue weighted by Crippen LogP contribution is 2.43. The van der Waals surface area contributed by atoms with E-state index in [1.807, 2.05) is 54.6 Å². The Bertz CT molecular complexity index is 1270. The summed E-state index contributed by atoms with van der Waals surface area (Å²) in [5.74, 6) is -1.95. The van der Waals surface area contributed by atoms with Crippen LogP contribution in [-0.4, -0.2) is 51.2 Å². The average molecular weight is 517 g/mol. The first kappa shape index (κ1) is 27.1. The predicted molar refractivity (Wildman–Crippen MR) is 143 cm³/mol. The van der Waals surface area contributed by atoms with Crippen molar-refractivity contribution in [3.63, 3.8) is 0 Å². The molecule has 3 aromatic carbocycles. The van der Waals surface area contributed by atoms with Gasteiger partial charge in [0.05, 0.1) is 18.1 Å². The van der Waals surface area contributed by atoms with Crippen LogP contribution in [0.15, 0.2) is 97.1 Å². The van der Waals surface area contributed by atoms with E-state index in [1.54, 1.807) is 43.3 Å². The molecule has 0 radical (unpaired) electrons. The molecule has 7 nitrogen and oxygen atoms in total. The van der Waals surface area contributed by atoms with E-state index in [4.69, 9.17) is 9.47 Å². The van der Waals surface area contributed by atoms with Crippen LogP contribution in [0.3, 0.4) is 0 Å². The van der Waals surface area contributed by atoms with Gasteiger partial charge in [0.2, 0.25) is 0 Å². The zero-order chi connectivity index (χ0) is 27.2. The Morgan fingerprint density at radius 2 is 1.63 bits per heavy atom. The second-order valence-corrected chi connectivity index (χ2v) is 9.88. The molecule has 38 heavy (non-hydrogen) atoms. The molecule has 4 rings (SSSR count). The molecule has 0 spiro atoms. The van der Waals surface area contributed by atoms with Crippen molar-refractivity contribution in [3.8, 4) is 16.9 Å². The van der Waals surface area contributed by atoms with Crippen molar-refractivity contribution in [1.29, 1.82) is 0 Å². The van der Waals surface area contributed by atoms with Gasteiger partial charge in [-0.1, -0.05) is 72.8 Å². The lowest BCUT2D eigenvalue weighted by Gasteiger charge is -2.35. The lowest BCUT2D eigenvalue weighted by molar-refractivity contribution is -0.150. The lowest BCUT2D eigenvalue weighted by atomic mass is 9.84. The summed E-state index contributed by atoms with van der Waals surface area (Å²) in [4.78, 5) is 25.2. The van der Waals surface area contributed by atoms with E-state index in [2.05, 4.69) is 0 Å². The standard InChI is InChI=1S/C31H32O7/c1-30(36,21-37-26-13-6-3-7-14-26)18-17-25-15-16-27(32)31(25,20-28(33)34)38-29(35)24-12-8-11-23(19-24)22-9-4-2-5-10-22/h2-14,17-19,25,27,32,36H,15-16,20-21H2,1H3,(H,33,34). The van der Waals surface area contributed by atoms with Crippen LogP contribution in [0.4, 0.5) is 0 Å². The van der Waals surface area contributed by atoms with Gasteiger partial charge < -0.3 is 24.8 Å². The van der Waals surface area contributed by atoms with Gasteiger partial charge in [0.25, 0.3) is 0 Å². The van der Waals surface area contributed by atoms with Crippen molar-refractivity contribution in [2.24, 2.45) is 5.92 Å². The number of hydrogen-bond acceptors (Lipinski definition) is 6. The zero-order valence-corrected chi connectivity index (χ0v) is 21.2. The van der Waals surface area contributed by atoms with Gasteiger partial charge in [-0.25, -0.2) is 4.79 Å². The molecule has 1 saturated carbocycles. The number of ether oxygens (including phenoxy) is 2. The van der Waals surface area contributed by atoms with Crippen LogP contribution in [-0.2, 0) is 9.53 Å². The number of hydrogen-bond donors (Lipinski definition) is 3. The number of esters is 1. The van der Waals surface area contributed by atoms with Gasteiger partial charge in [0.1, 0.15) is 18.0 Å². The normalized spacial score (nSPS) is 22.6. The minimum atomic E-state index is -1.68. The molecule has 4 unspecified atom stereocenters. The lowest BCUT2D eigenvalue weighted by Crippen LogP contribution is -2.49. The Morgan fingerprint density at radius 3 is 2.32 bits per heavy atom. The van der Waals surface area contributed by atoms with E-state index in [9.17, 15) is 24.9 Å². The fraction of sp³-hybridized carbons (Fsp3) is 0.290. The predicted octanol–water partition coefficient (Wildman–Crippen LogP) is 4.88. The first-order valence-corrected chi connectivity index (χ1v) is 12.6. The SMILES string of the molecule is CC(O)(C=CC1CCC(O)C1(CC(=O)O)OC(=O)c1cccc(-c2ccccc2)c1)COc1ccccc1. The largest absolute Gasteiger partial charge is 0.490 e. The molecule has 0 aromatic heterocycles. The second kappa shape index (κ2) is 11.6. The summed E-state index contributed by atoms with van der Waals surface area (Å²) in [6.45, 7) is 1.53. The Labute approximate surface area is 222 Å². The van der Waals surface area contributed by atoms with E-state index in [0.29, 0.717) is 12.2 Å². The molecule has 1 aliphatic carbocycles. The van der Waals surface area contributed by atoms with Crippen LogP contribution in [0.2, 0.25) is 0 Å². The van der Waals surface area contributed by atoms with E-state index in [1.165, 1.54) is 6.08 Å². The summed E-state index contributed by atoms with van der Waals surface area (Å²) in [5.41, 5.74) is -1.08. The van der Waals surface area contributed by atoms with Crippen molar-refractivity contribution >= 4 is 11.9 Å². The molecular weight excluding hydrogens is 484 g/mol. The van der Waals surface area contributed by atoms with Crippen LogP contribution in [0.5, 0.6) is 5.75 Å². The van der Waals surface area contributed by atoms with Crippen molar-refractivity contribution in [1.82, 2.24) is 0 Å². The number of aliphatic carboxylic acids is 1. The van der Waals surface area contributed by atoms with E-state index < -0.39 is 41.6 Å². The molecule has 0 amide bonds. The number of carbonyl (C=O) groups excluding carboxylic acids is 1. The van der Waals surface area contributed by atoms with Gasteiger partial charge in [-0.2, -0.15) is 0 Å². The van der Waals surface area contributed by atoms with Gasteiger partial charge in [0, 0.05) is 5.92 Å². The first-order valence-electron chi connectivity index (χ1n) is 12.6. The minimum Gasteiger partial charge on any atom is -0.490 e. The van der Waals surface area contributed by atoms with Crippen LogP contribution >= 0.6 is 0 Å². The van der Waals surface area contributed by atoms with Crippen LogP contribution < -0.4 is 4.74 Å². The maximum Gasteiger partial charge on any atom is 0.338 e. The van der Waals surface area contributed by atoms with Crippen LogP contribution in [0.25, 0.3) is 11.1 Å². The van der Waals surface area contributed by atoms with Crippen molar-refractivity contribution in [2.75, 3.05) is 6.61 Å². The second-order valence-electron chi connectivity index (χ2n) is 9.88. The molecule has 1 aliphatic rings. The third kappa shape index (κ3) is 6.49. The number of benzene rings is 3. The molecule has 4 atom stereocenters. The van der Waals surface area contributed by atoms with Gasteiger partial charge >= 0.3 is 11.9 Å². The minimum absolute atomic E-state index is 0.0409. The fourth-order valence-electron chi connectivity index (χ4n) is 4.80. The summed E-state index contributed by atoms with van der Waals surface area (Å²) in [6.07, 6.45) is 2.02. The van der Waals surface area contributed by atoms with Crippen LogP contribution in [0.1, 0.15) is 36.5 Å². The maximum absolute atomic E-state index is 13.3. The number of carboxylic acid groups (broad SMARTS) is 1. The average Bonchev–Trinajstić information content (AvgIpc) is 3.21. The quantitative estimate of drug-likeness (QED) is 0.260. The molecule has 7 heteroatoms. The van der Waals surface area contributed by atoms with E-state index in [0.717, 1.165) is 11.1 Å². The Hall–Kier alpha value is -3.94. The molecule has 0 aliphatic heterocycles. The summed E-state index contributed by atoms with van der Waals surface area (Å²) in [7, 11) is 0. The third-order valence-corrected chi connectivity index (χ3v) is 6.82. The molecule has 0 heterocycles. The third-order valence-electron chi connectivity index (χ3n) is 6.82. The molecule has 0 bridgehead atoms. The van der Waals surface area contributed by atoms with Gasteiger partial charge in [-0.15, -0.1) is 0 Å². The summed E-state index contributed by atoms with van der Waals surface area (Å²) in [6, 6.07) is 25.5.